The molecule has 1 amide bonds. The maximum Gasteiger partial charge on any atom is 0.250 e. The predicted octanol–water partition coefficient (Wildman–Crippen LogP) is 2.68. The average Bonchev–Trinajstić information content (AvgIpc) is 2.30. The van der Waals surface area contributed by atoms with E-state index < -0.39 is 0 Å². The Balaban J connectivity index is 2.53. The highest BCUT2D eigenvalue weighted by Gasteiger charge is 2.07. The molecule has 0 bridgehead atoms. The molecule has 0 heterocycles. The van der Waals surface area contributed by atoms with Crippen molar-refractivity contribution < 1.29 is 9.53 Å². The van der Waals surface area contributed by atoms with Crippen LogP contribution in [-0.2, 0) is 9.53 Å². The van der Waals surface area contributed by atoms with E-state index in [-0.39, 0.29) is 18.6 Å². The van der Waals surface area contributed by atoms with Crippen LogP contribution in [-0.4, -0.2) is 18.6 Å². The molecule has 5 heteroatoms. The molecule has 0 saturated heterocycles. The van der Waals surface area contributed by atoms with Crippen LogP contribution < -0.4 is 11.1 Å². The number of anilines is 2. The van der Waals surface area contributed by atoms with E-state index in [1.165, 1.54) is 0 Å². The van der Waals surface area contributed by atoms with Crippen LogP contribution >= 0.6 is 11.6 Å². The number of benzene rings is 1. The van der Waals surface area contributed by atoms with Gasteiger partial charge in [-0.2, -0.15) is 0 Å². The molecule has 1 rings (SSSR count). The molecule has 1 unspecified atom stereocenters. The molecule has 4 nitrogen and oxygen atoms in total. The van der Waals surface area contributed by atoms with Gasteiger partial charge in [0, 0.05) is 5.02 Å². The number of halogens is 1. The highest BCUT2D eigenvalue weighted by atomic mass is 35.5. The van der Waals surface area contributed by atoms with Crippen LogP contribution in [0.3, 0.4) is 0 Å². The van der Waals surface area contributed by atoms with E-state index >= 15 is 0 Å². The van der Waals surface area contributed by atoms with E-state index in [4.69, 9.17) is 22.1 Å². The minimum Gasteiger partial charge on any atom is -0.397 e. The maximum absolute atomic E-state index is 11.6. The van der Waals surface area contributed by atoms with Crippen molar-refractivity contribution in [1.29, 1.82) is 0 Å². The standard InChI is InChI=1S/C12H17ClN2O2/c1-3-8(2)17-7-12(16)15-11-6-9(13)4-5-10(11)14/h4-6,8H,3,7,14H2,1-2H3,(H,15,16). The highest BCUT2D eigenvalue weighted by molar-refractivity contribution is 6.31. The van der Waals surface area contributed by atoms with E-state index in [1.54, 1.807) is 18.2 Å². The minimum absolute atomic E-state index is 0.0148. The van der Waals surface area contributed by atoms with Crippen LogP contribution in [0.4, 0.5) is 11.4 Å². The second-order valence-electron chi connectivity index (χ2n) is 3.81. The SMILES string of the molecule is CCC(C)OCC(=O)Nc1cc(Cl)ccc1N. The zero-order chi connectivity index (χ0) is 12.8. The first-order valence-electron chi connectivity index (χ1n) is 5.49. The van der Waals surface area contributed by atoms with Gasteiger partial charge in [0.2, 0.25) is 5.91 Å². The fraction of sp³-hybridized carbons (Fsp3) is 0.417. The molecule has 0 aliphatic heterocycles. The Bertz CT molecular complexity index is 396. The van der Waals surface area contributed by atoms with Gasteiger partial charge < -0.3 is 15.8 Å². The van der Waals surface area contributed by atoms with E-state index in [1.807, 2.05) is 13.8 Å². The molecule has 0 fully saturated rings. The number of nitrogens with two attached hydrogens (primary N) is 1. The molecule has 1 aromatic carbocycles. The van der Waals surface area contributed by atoms with Crippen molar-refractivity contribution in [2.75, 3.05) is 17.7 Å². The van der Waals surface area contributed by atoms with Crippen LogP contribution in [0.2, 0.25) is 5.02 Å². The number of rotatable bonds is 5. The largest absolute Gasteiger partial charge is 0.397 e. The minimum atomic E-state index is -0.237. The van der Waals surface area contributed by atoms with Gasteiger partial charge in [-0.3, -0.25) is 4.79 Å². The zero-order valence-corrected chi connectivity index (χ0v) is 10.8. The lowest BCUT2D eigenvalue weighted by molar-refractivity contribution is -0.122. The Morgan fingerprint density at radius 1 is 1.59 bits per heavy atom. The third-order valence-corrected chi connectivity index (χ3v) is 2.60. The van der Waals surface area contributed by atoms with Crippen LogP contribution in [0.25, 0.3) is 0 Å². The van der Waals surface area contributed by atoms with Crippen molar-refractivity contribution in [3.63, 3.8) is 0 Å². The first-order chi connectivity index (χ1) is 8.02. The van der Waals surface area contributed by atoms with Gasteiger partial charge in [0.1, 0.15) is 6.61 Å². The summed E-state index contributed by atoms with van der Waals surface area (Å²) in [6, 6.07) is 4.92. The lowest BCUT2D eigenvalue weighted by Gasteiger charge is -2.12. The van der Waals surface area contributed by atoms with E-state index in [2.05, 4.69) is 5.32 Å². The summed E-state index contributed by atoms with van der Waals surface area (Å²) in [6.45, 7) is 3.93. The molecule has 0 aliphatic rings. The fourth-order valence-corrected chi connectivity index (χ4v) is 1.33. The topological polar surface area (TPSA) is 64.3 Å². The number of amides is 1. The predicted molar refractivity (Wildman–Crippen MR) is 70.2 cm³/mol. The smallest absolute Gasteiger partial charge is 0.250 e. The van der Waals surface area contributed by atoms with Crippen molar-refractivity contribution in [2.45, 2.75) is 26.4 Å². The van der Waals surface area contributed by atoms with Gasteiger partial charge in [0.25, 0.3) is 0 Å². The quantitative estimate of drug-likeness (QED) is 0.796. The molecule has 0 radical (unpaired) electrons. The third-order valence-electron chi connectivity index (χ3n) is 2.36. The molecule has 94 valence electrons. The molecule has 0 aliphatic carbocycles. The Hall–Kier alpha value is -1.26. The third kappa shape index (κ3) is 4.63. The normalized spacial score (nSPS) is 12.2. The summed E-state index contributed by atoms with van der Waals surface area (Å²) >= 11 is 5.81. The zero-order valence-electron chi connectivity index (χ0n) is 10.00. The summed E-state index contributed by atoms with van der Waals surface area (Å²) in [5.74, 6) is -0.237. The summed E-state index contributed by atoms with van der Waals surface area (Å²) in [5.41, 5.74) is 6.69. The van der Waals surface area contributed by atoms with Crippen LogP contribution in [0, 0.1) is 0 Å². The van der Waals surface area contributed by atoms with Crippen LogP contribution in [0.5, 0.6) is 0 Å². The summed E-state index contributed by atoms with van der Waals surface area (Å²) in [4.78, 5) is 11.6. The molecule has 0 aromatic heterocycles. The lowest BCUT2D eigenvalue weighted by Crippen LogP contribution is -2.22. The van der Waals surface area contributed by atoms with Crippen molar-refractivity contribution in [3.8, 4) is 0 Å². The van der Waals surface area contributed by atoms with Gasteiger partial charge in [-0.25, -0.2) is 0 Å². The van der Waals surface area contributed by atoms with Gasteiger partial charge in [-0.05, 0) is 31.5 Å². The second-order valence-corrected chi connectivity index (χ2v) is 4.25. The van der Waals surface area contributed by atoms with Gasteiger partial charge in [0.05, 0.1) is 17.5 Å². The molecule has 3 N–H and O–H groups in total. The van der Waals surface area contributed by atoms with Gasteiger partial charge in [-0.1, -0.05) is 18.5 Å². The van der Waals surface area contributed by atoms with E-state index in [9.17, 15) is 4.79 Å². The van der Waals surface area contributed by atoms with Gasteiger partial charge in [-0.15, -0.1) is 0 Å². The molecule has 17 heavy (non-hydrogen) atoms. The maximum atomic E-state index is 11.6. The molecular formula is C12H17ClN2O2. The molecule has 0 saturated carbocycles. The van der Waals surface area contributed by atoms with Gasteiger partial charge in [0.15, 0.2) is 0 Å². The Morgan fingerprint density at radius 2 is 2.29 bits per heavy atom. The summed E-state index contributed by atoms with van der Waals surface area (Å²) in [7, 11) is 0. The number of nitrogen functional groups attached to an aromatic ring is 1. The summed E-state index contributed by atoms with van der Waals surface area (Å²) in [6.07, 6.45) is 0.935. The fourth-order valence-electron chi connectivity index (χ4n) is 1.16. The first-order valence-corrected chi connectivity index (χ1v) is 5.87. The number of hydrogen-bond donors (Lipinski definition) is 2. The summed E-state index contributed by atoms with van der Waals surface area (Å²) < 4.78 is 5.31. The lowest BCUT2D eigenvalue weighted by atomic mass is 10.2. The van der Waals surface area contributed by atoms with Crippen molar-refractivity contribution in [2.24, 2.45) is 0 Å². The van der Waals surface area contributed by atoms with E-state index in [0.717, 1.165) is 6.42 Å². The molecule has 1 atom stereocenters. The summed E-state index contributed by atoms with van der Waals surface area (Å²) in [5, 5.41) is 3.18. The Labute approximate surface area is 106 Å². The first kappa shape index (κ1) is 13.8. The monoisotopic (exact) mass is 256 g/mol. The van der Waals surface area contributed by atoms with Gasteiger partial charge >= 0.3 is 0 Å². The molecular weight excluding hydrogens is 240 g/mol. The number of hydrogen-bond acceptors (Lipinski definition) is 3. The van der Waals surface area contributed by atoms with Crippen molar-refractivity contribution in [1.82, 2.24) is 0 Å². The Kier molecular flexibility index (Phi) is 5.25. The average molecular weight is 257 g/mol. The van der Waals surface area contributed by atoms with Crippen LogP contribution in [0.15, 0.2) is 18.2 Å². The molecule has 1 aromatic rings. The molecule has 0 spiro atoms. The highest BCUT2D eigenvalue weighted by Crippen LogP contribution is 2.22. The van der Waals surface area contributed by atoms with Crippen molar-refractivity contribution >= 4 is 28.9 Å². The van der Waals surface area contributed by atoms with Crippen LogP contribution in [0.1, 0.15) is 20.3 Å². The number of carbonyl (C=O) groups excluding carboxylic acids is 1. The van der Waals surface area contributed by atoms with E-state index in [0.29, 0.717) is 16.4 Å². The number of nitrogens with one attached hydrogen (secondary N) is 1. The number of carbonyl (C=O) groups is 1. The Morgan fingerprint density at radius 3 is 2.94 bits per heavy atom. The number of ether oxygens (including phenoxy) is 1. The second kappa shape index (κ2) is 6.47. The van der Waals surface area contributed by atoms with Crippen molar-refractivity contribution in [3.05, 3.63) is 23.2 Å².